The molecule has 4 aliphatic rings. The number of ketones is 1. The monoisotopic (exact) mass is 325 g/mol. The minimum absolute atomic E-state index is 0.125. The molecule has 2 bridgehead atoms. The molecule has 1 amide bonds. The third-order valence-corrected chi connectivity index (χ3v) is 6.50. The predicted molar refractivity (Wildman–Crippen MR) is 93.5 cm³/mol. The summed E-state index contributed by atoms with van der Waals surface area (Å²) < 4.78 is 0. The predicted octanol–water partition coefficient (Wildman–Crippen LogP) is 4.20. The highest BCUT2D eigenvalue weighted by Gasteiger charge is 2.72. The molecule has 5 rings (SSSR count). The number of rotatable bonds is 5. The van der Waals surface area contributed by atoms with Gasteiger partial charge in [-0.25, -0.2) is 0 Å². The fourth-order valence-corrected chi connectivity index (χ4v) is 5.49. The second-order valence-corrected chi connectivity index (χ2v) is 8.45. The zero-order valence-corrected chi connectivity index (χ0v) is 14.8. The van der Waals surface area contributed by atoms with Crippen molar-refractivity contribution in [2.24, 2.45) is 10.8 Å². The Morgan fingerprint density at radius 3 is 2.67 bits per heavy atom. The highest BCUT2D eigenvalue weighted by molar-refractivity contribution is 5.88. The van der Waals surface area contributed by atoms with Crippen molar-refractivity contribution in [3.05, 3.63) is 35.4 Å². The van der Waals surface area contributed by atoms with Gasteiger partial charge in [-0.1, -0.05) is 36.8 Å². The van der Waals surface area contributed by atoms with Crippen LogP contribution in [0.5, 0.6) is 0 Å². The van der Waals surface area contributed by atoms with Crippen molar-refractivity contribution in [3.63, 3.8) is 0 Å². The fraction of sp³-hybridized carbons (Fsp3) is 0.619. The number of amides is 1. The number of Topliss-reactive ketones (excluding diaryl/α,β-unsaturated/α-hetero) is 1. The van der Waals surface area contributed by atoms with Gasteiger partial charge in [0.1, 0.15) is 5.78 Å². The standard InChI is InChI=1S/C21H27NO2/c1-3-17(23)11-20-12-21(13-20,14-20)19(24)22-9-5-8-18(22)16-7-4-6-15(2)10-16/h4,6-7,10,18H,3,5,8-9,11-14H2,1-2H3. The Morgan fingerprint density at radius 1 is 1.25 bits per heavy atom. The van der Waals surface area contributed by atoms with Crippen LogP contribution in [-0.4, -0.2) is 23.1 Å². The van der Waals surface area contributed by atoms with Crippen LogP contribution in [0, 0.1) is 17.8 Å². The molecule has 3 heteroatoms. The molecule has 1 heterocycles. The van der Waals surface area contributed by atoms with Crippen LogP contribution in [-0.2, 0) is 9.59 Å². The molecule has 0 spiro atoms. The lowest BCUT2D eigenvalue weighted by Crippen LogP contribution is -2.68. The van der Waals surface area contributed by atoms with Crippen LogP contribution in [0.15, 0.2) is 24.3 Å². The SMILES string of the molecule is CCC(=O)CC12CC(C(=O)N3CCCC3c3cccc(C)c3)(C1)C2. The van der Waals surface area contributed by atoms with Crippen molar-refractivity contribution in [2.45, 2.75) is 64.8 Å². The maximum absolute atomic E-state index is 13.2. The van der Waals surface area contributed by atoms with Crippen LogP contribution < -0.4 is 0 Å². The van der Waals surface area contributed by atoms with Crippen molar-refractivity contribution in [3.8, 4) is 0 Å². The van der Waals surface area contributed by atoms with Crippen LogP contribution in [0.25, 0.3) is 0 Å². The second kappa shape index (κ2) is 5.44. The van der Waals surface area contributed by atoms with Crippen molar-refractivity contribution in [1.29, 1.82) is 0 Å². The van der Waals surface area contributed by atoms with Gasteiger partial charge in [0.05, 0.1) is 11.5 Å². The first-order valence-electron chi connectivity index (χ1n) is 9.36. The number of hydrogen-bond acceptors (Lipinski definition) is 2. The molecule has 3 nitrogen and oxygen atoms in total. The molecule has 0 N–H and O–H groups in total. The lowest BCUT2D eigenvalue weighted by molar-refractivity contribution is -0.219. The van der Waals surface area contributed by atoms with Gasteiger partial charge < -0.3 is 4.90 Å². The van der Waals surface area contributed by atoms with Gasteiger partial charge in [0.2, 0.25) is 5.91 Å². The van der Waals surface area contributed by atoms with E-state index in [2.05, 4.69) is 36.1 Å². The molecule has 1 atom stereocenters. The van der Waals surface area contributed by atoms with Gasteiger partial charge in [-0.3, -0.25) is 9.59 Å². The average Bonchev–Trinajstić information content (AvgIpc) is 2.98. The Hall–Kier alpha value is -1.64. The Bertz CT molecular complexity index is 673. The maximum atomic E-state index is 13.2. The Morgan fingerprint density at radius 2 is 2.00 bits per heavy atom. The number of likely N-dealkylation sites (tertiary alicyclic amines) is 1. The number of benzene rings is 1. The highest BCUT2D eigenvalue weighted by Crippen LogP contribution is 2.75. The Balaban J connectivity index is 1.45. The van der Waals surface area contributed by atoms with E-state index in [0.717, 1.165) is 38.6 Å². The van der Waals surface area contributed by atoms with Crippen molar-refractivity contribution in [2.75, 3.05) is 6.54 Å². The summed E-state index contributed by atoms with van der Waals surface area (Å²) in [5.41, 5.74) is 2.60. The second-order valence-electron chi connectivity index (χ2n) is 8.45. The number of carbonyl (C=O) groups is 2. The quantitative estimate of drug-likeness (QED) is 0.813. The Labute approximate surface area is 144 Å². The molecule has 3 saturated carbocycles. The number of hydrogen-bond donors (Lipinski definition) is 0. The van der Waals surface area contributed by atoms with Crippen LogP contribution in [0.1, 0.15) is 69.0 Å². The molecule has 24 heavy (non-hydrogen) atoms. The summed E-state index contributed by atoms with van der Waals surface area (Å²) >= 11 is 0. The van der Waals surface area contributed by atoms with Gasteiger partial charge in [0.25, 0.3) is 0 Å². The van der Waals surface area contributed by atoms with E-state index in [1.807, 2.05) is 6.92 Å². The topological polar surface area (TPSA) is 37.4 Å². The zero-order chi connectivity index (χ0) is 16.9. The summed E-state index contributed by atoms with van der Waals surface area (Å²) in [6.45, 7) is 4.94. The van der Waals surface area contributed by atoms with Gasteiger partial charge >= 0.3 is 0 Å². The first-order chi connectivity index (χ1) is 11.5. The van der Waals surface area contributed by atoms with Crippen LogP contribution in [0.3, 0.4) is 0 Å². The van der Waals surface area contributed by atoms with E-state index in [9.17, 15) is 9.59 Å². The molecule has 1 aromatic rings. The van der Waals surface area contributed by atoms with E-state index in [0.29, 0.717) is 24.5 Å². The molecule has 1 aliphatic heterocycles. The van der Waals surface area contributed by atoms with Crippen LogP contribution >= 0.6 is 0 Å². The molecule has 0 aromatic heterocycles. The van der Waals surface area contributed by atoms with Crippen molar-refractivity contribution < 1.29 is 9.59 Å². The van der Waals surface area contributed by atoms with Gasteiger partial charge in [-0.15, -0.1) is 0 Å². The van der Waals surface area contributed by atoms with E-state index in [4.69, 9.17) is 0 Å². The number of aryl methyl sites for hydroxylation is 1. The smallest absolute Gasteiger partial charge is 0.229 e. The van der Waals surface area contributed by atoms with Gasteiger partial charge in [-0.2, -0.15) is 0 Å². The van der Waals surface area contributed by atoms with E-state index >= 15 is 0 Å². The lowest BCUT2D eigenvalue weighted by atomic mass is 9.33. The Kier molecular flexibility index (Phi) is 3.59. The van der Waals surface area contributed by atoms with E-state index < -0.39 is 0 Å². The molecule has 4 fully saturated rings. The molecule has 0 radical (unpaired) electrons. The minimum Gasteiger partial charge on any atom is -0.335 e. The fourth-order valence-electron chi connectivity index (χ4n) is 5.49. The zero-order valence-electron chi connectivity index (χ0n) is 14.8. The van der Waals surface area contributed by atoms with Crippen LogP contribution in [0.4, 0.5) is 0 Å². The summed E-state index contributed by atoms with van der Waals surface area (Å²) in [6.07, 6.45) is 6.33. The molecule has 1 saturated heterocycles. The first-order valence-corrected chi connectivity index (χ1v) is 9.36. The highest BCUT2D eigenvalue weighted by atomic mass is 16.2. The summed E-state index contributed by atoms with van der Waals surface area (Å²) in [6, 6.07) is 8.84. The molecule has 1 aromatic carbocycles. The summed E-state index contributed by atoms with van der Waals surface area (Å²) in [7, 11) is 0. The minimum atomic E-state index is -0.125. The molecule has 128 valence electrons. The number of nitrogens with zero attached hydrogens (tertiary/aromatic N) is 1. The van der Waals surface area contributed by atoms with E-state index in [1.54, 1.807) is 0 Å². The lowest BCUT2D eigenvalue weighted by Gasteiger charge is -2.70. The molecule has 1 unspecified atom stereocenters. The molecular formula is C21H27NO2. The third kappa shape index (κ3) is 2.32. The van der Waals surface area contributed by atoms with Crippen LogP contribution in [0.2, 0.25) is 0 Å². The average molecular weight is 325 g/mol. The summed E-state index contributed by atoms with van der Waals surface area (Å²) in [4.78, 5) is 27.1. The first kappa shape index (κ1) is 15.9. The normalized spacial score (nSPS) is 33.8. The van der Waals surface area contributed by atoms with E-state index in [-0.39, 0.29) is 16.9 Å². The van der Waals surface area contributed by atoms with Gasteiger partial charge in [0.15, 0.2) is 0 Å². The van der Waals surface area contributed by atoms with Gasteiger partial charge in [0, 0.05) is 19.4 Å². The number of carbonyl (C=O) groups excluding carboxylic acids is 2. The van der Waals surface area contributed by atoms with E-state index in [1.165, 1.54) is 11.1 Å². The van der Waals surface area contributed by atoms with Gasteiger partial charge in [-0.05, 0) is 50.0 Å². The summed E-state index contributed by atoms with van der Waals surface area (Å²) in [5, 5.41) is 0. The van der Waals surface area contributed by atoms with Crippen molar-refractivity contribution in [1.82, 2.24) is 4.90 Å². The summed E-state index contributed by atoms with van der Waals surface area (Å²) in [5.74, 6) is 0.715. The van der Waals surface area contributed by atoms with Crippen molar-refractivity contribution >= 4 is 11.7 Å². The maximum Gasteiger partial charge on any atom is 0.229 e. The third-order valence-electron chi connectivity index (χ3n) is 6.50. The largest absolute Gasteiger partial charge is 0.335 e. The molecular weight excluding hydrogens is 298 g/mol. The molecule has 3 aliphatic carbocycles.